The van der Waals surface area contributed by atoms with Crippen LogP contribution in [-0.4, -0.2) is 13.7 Å². The maximum atomic E-state index is 6.24. The van der Waals surface area contributed by atoms with Crippen molar-refractivity contribution in [3.05, 3.63) is 59.5 Å². The monoisotopic (exact) mass is 343 g/mol. The Morgan fingerprint density at radius 1 is 1.36 bits per heavy atom. The first-order valence-corrected chi connectivity index (χ1v) is 6.95. The molecule has 0 aliphatic carbocycles. The minimum atomic E-state index is 0. The van der Waals surface area contributed by atoms with Crippen LogP contribution >= 0.6 is 24.0 Å². The Bertz CT molecular complexity index is 585. The third kappa shape index (κ3) is 4.98. The lowest BCUT2D eigenvalue weighted by Crippen LogP contribution is -2.12. The van der Waals surface area contributed by atoms with Gasteiger partial charge in [-0.15, -0.1) is 12.4 Å². The van der Waals surface area contributed by atoms with Gasteiger partial charge in [-0.2, -0.15) is 0 Å². The van der Waals surface area contributed by atoms with Crippen molar-refractivity contribution in [1.29, 1.82) is 0 Å². The fourth-order valence-electron chi connectivity index (χ4n) is 1.90. The first kappa shape index (κ1) is 18.4. The van der Waals surface area contributed by atoms with E-state index in [0.29, 0.717) is 36.2 Å². The Balaban J connectivity index is 0.00000242. The van der Waals surface area contributed by atoms with Gasteiger partial charge in [0.1, 0.15) is 12.4 Å². The molecule has 2 aromatic rings. The molecule has 0 unspecified atom stereocenters. The minimum absolute atomic E-state index is 0. The molecular weight excluding hydrogens is 325 g/mol. The molecule has 0 amide bonds. The lowest BCUT2D eigenvalue weighted by Gasteiger charge is -2.13. The number of methoxy groups -OCH3 is 1. The molecule has 0 fully saturated rings. The molecule has 0 bridgehead atoms. The fraction of sp³-hybridized carbons (Fsp3) is 0.250. The zero-order valence-corrected chi connectivity index (χ0v) is 13.9. The quantitative estimate of drug-likeness (QED) is 0.729. The molecule has 6 heteroatoms. The van der Waals surface area contributed by atoms with E-state index in [2.05, 4.69) is 11.9 Å². The van der Waals surface area contributed by atoms with Gasteiger partial charge in [0.05, 0.1) is 24.9 Å². The highest BCUT2D eigenvalue weighted by Gasteiger charge is 2.11. The zero-order valence-electron chi connectivity index (χ0n) is 12.3. The van der Waals surface area contributed by atoms with E-state index in [1.54, 1.807) is 19.4 Å². The van der Waals surface area contributed by atoms with E-state index in [1.165, 1.54) is 0 Å². The molecule has 0 saturated heterocycles. The molecule has 1 aromatic heterocycles. The van der Waals surface area contributed by atoms with Gasteiger partial charge in [0, 0.05) is 6.54 Å². The first-order chi connectivity index (χ1) is 10.2. The molecule has 0 aliphatic heterocycles. The summed E-state index contributed by atoms with van der Waals surface area (Å²) >= 11 is 6.24. The predicted molar refractivity (Wildman–Crippen MR) is 90.2 cm³/mol. The summed E-state index contributed by atoms with van der Waals surface area (Å²) in [6.45, 7) is 5.30. The standard InChI is InChI=1S/C16H18ClNO3.ClH/c1-3-6-21-16-14(17)8-12(9-15(16)19-2)10-18-11-13-5-4-7-20-13;/h3-5,7-9,18H,1,6,10-11H2,2H3;1H. The molecule has 0 atom stereocenters. The van der Waals surface area contributed by atoms with Gasteiger partial charge in [-0.05, 0) is 29.8 Å². The van der Waals surface area contributed by atoms with Gasteiger partial charge in [0.25, 0.3) is 0 Å². The highest BCUT2D eigenvalue weighted by Crippen LogP contribution is 2.36. The van der Waals surface area contributed by atoms with Gasteiger partial charge < -0.3 is 19.2 Å². The SMILES string of the molecule is C=CCOc1c(Cl)cc(CNCc2ccco2)cc1OC.Cl. The zero-order chi connectivity index (χ0) is 15.1. The number of hydrogen-bond acceptors (Lipinski definition) is 4. The summed E-state index contributed by atoms with van der Waals surface area (Å²) in [4.78, 5) is 0. The molecule has 1 heterocycles. The molecular formula is C16H19Cl2NO3. The lowest BCUT2D eigenvalue weighted by atomic mass is 10.2. The van der Waals surface area contributed by atoms with Gasteiger partial charge in [0.2, 0.25) is 0 Å². The van der Waals surface area contributed by atoms with Crippen molar-refractivity contribution < 1.29 is 13.9 Å². The van der Waals surface area contributed by atoms with Crippen molar-refractivity contribution in [3.63, 3.8) is 0 Å². The van der Waals surface area contributed by atoms with Crippen molar-refractivity contribution in [2.75, 3.05) is 13.7 Å². The lowest BCUT2D eigenvalue weighted by molar-refractivity contribution is 0.326. The van der Waals surface area contributed by atoms with Crippen molar-refractivity contribution in [1.82, 2.24) is 5.32 Å². The number of nitrogens with one attached hydrogen (secondary N) is 1. The van der Waals surface area contributed by atoms with Crippen molar-refractivity contribution >= 4 is 24.0 Å². The molecule has 22 heavy (non-hydrogen) atoms. The second kappa shape index (κ2) is 9.41. The molecule has 2 rings (SSSR count). The number of hydrogen-bond donors (Lipinski definition) is 1. The van der Waals surface area contributed by atoms with Crippen LogP contribution in [0.2, 0.25) is 5.02 Å². The van der Waals surface area contributed by atoms with E-state index in [4.69, 9.17) is 25.5 Å². The second-order valence-corrected chi connectivity index (χ2v) is 4.80. The van der Waals surface area contributed by atoms with E-state index in [1.807, 2.05) is 24.3 Å². The van der Waals surface area contributed by atoms with Crippen LogP contribution in [0.15, 0.2) is 47.6 Å². The van der Waals surface area contributed by atoms with Gasteiger partial charge >= 0.3 is 0 Å². The molecule has 1 aromatic carbocycles. The molecule has 0 saturated carbocycles. The van der Waals surface area contributed by atoms with Crippen LogP contribution in [0.3, 0.4) is 0 Å². The summed E-state index contributed by atoms with van der Waals surface area (Å²) in [5, 5.41) is 3.80. The Hall–Kier alpha value is -1.62. The summed E-state index contributed by atoms with van der Waals surface area (Å²) in [7, 11) is 1.59. The van der Waals surface area contributed by atoms with Gasteiger partial charge in [-0.1, -0.05) is 24.3 Å². The third-order valence-electron chi connectivity index (χ3n) is 2.84. The fourth-order valence-corrected chi connectivity index (χ4v) is 2.19. The molecule has 0 radical (unpaired) electrons. The van der Waals surface area contributed by atoms with E-state index < -0.39 is 0 Å². The molecule has 120 valence electrons. The highest BCUT2D eigenvalue weighted by molar-refractivity contribution is 6.32. The van der Waals surface area contributed by atoms with E-state index >= 15 is 0 Å². The van der Waals surface area contributed by atoms with Crippen LogP contribution in [0.5, 0.6) is 11.5 Å². The Kier molecular flexibility index (Phi) is 7.88. The van der Waals surface area contributed by atoms with Crippen LogP contribution in [0, 0.1) is 0 Å². The molecule has 4 nitrogen and oxygen atoms in total. The average Bonchev–Trinajstić information content (AvgIpc) is 2.99. The normalized spacial score (nSPS) is 9.91. The first-order valence-electron chi connectivity index (χ1n) is 6.57. The third-order valence-corrected chi connectivity index (χ3v) is 3.12. The summed E-state index contributed by atoms with van der Waals surface area (Å²) in [6, 6.07) is 7.55. The Labute approximate surface area is 141 Å². The largest absolute Gasteiger partial charge is 0.493 e. The van der Waals surface area contributed by atoms with Crippen LogP contribution in [0.1, 0.15) is 11.3 Å². The number of benzene rings is 1. The number of halogens is 2. The van der Waals surface area contributed by atoms with Crippen LogP contribution in [0.25, 0.3) is 0 Å². The van der Waals surface area contributed by atoms with Crippen LogP contribution in [-0.2, 0) is 13.1 Å². The Morgan fingerprint density at radius 2 is 2.18 bits per heavy atom. The Morgan fingerprint density at radius 3 is 2.82 bits per heavy atom. The van der Waals surface area contributed by atoms with E-state index in [-0.39, 0.29) is 12.4 Å². The van der Waals surface area contributed by atoms with E-state index in [9.17, 15) is 0 Å². The van der Waals surface area contributed by atoms with Crippen molar-refractivity contribution in [2.45, 2.75) is 13.1 Å². The molecule has 0 spiro atoms. The van der Waals surface area contributed by atoms with Gasteiger partial charge in [-0.25, -0.2) is 0 Å². The van der Waals surface area contributed by atoms with Crippen LogP contribution < -0.4 is 14.8 Å². The smallest absolute Gasteiger partial charge is 0.180 e. The summed E-state index contributed by atoms with van der Waals surface area (Å²) in [6.07, 6.45) is 3.32. The topological polar surface area (TPSA) is 43.6 Å². The summed E-state index contributed by atoms with van der Waals surface area (Å²) in [5.74, 6) is 2.03. The molecule has 0 aliphatic rings. The maximum absolute atomic E-state index is 6.24. The highest BCUT2D eigenvalue weighted by atomic mass is 35.5. The summed E-state index contributed by atoms with van der Waals surface area (Å²) in [5.41, 5.74) is 1.01. The van der Waals surface area contributed by atoms with Gasteiger partial charge in [0.15, 0.2) is 11.5 Å². The summed E-state index contributed by atoms with van der Waals surface area (Å²) < 4.78 is 16.1. The van der Waals surface area contributed by atoms with Crippen molar-refractivity contribution in [3.8, 4) is 11.5 Å². The van der Waals surface area contributed by atoms with Crippen LogP contribution in [0.4, 0.5) is 0 Å². The number of rotatable bonds is 8. The predicted octanol–water partition coefficient (Wildman–Crippen LogP) is 4.22. The minimum Gasteiger partial charge on any atom is -0.493 e. The average molecular weight is 344 g/mol. The number of furan rings is 1. The molecule has 1 N–H and O–H groups in total. The van der Waals surface area contributed by atoms with Crippen molar-refractivity contribution in [2.24, 2.45) is 0 Å². The van der Waals surface area contributed by atoms with Gasteiger partial charge in [-0.3, -0.25) is 0 Å². The van der Waals surface area contributed by atoms with E-state index in [0.717, 1.165) is 11.3 Å². The second-order valence-electron chi connectivity index (χ2n) is 4.39. The number of ether oxygens (including phenoxy) is 2. The maximum Gasteiger partial charge on any atom is 0.180 e.